The third-order valence-electron chi connectivity index (χ3n) is 4.80. The maximum Gasteiger partial charge on any atom is 0.305 e. The second-order valence-corrected chi connectivity index (χ2v) is 6.38. The highest BCUT2D eigenvalue weighted by molar-refractivity contribution is 6.00. The average molecular weight is 361 g/mol. The smallest absolute Gasteiger partial charge is 0.305 e. The molecular weight excluding hydrogens is 338 g/mol. The number of benzene rings is 1. The number of aryl methyl sites for hydroxylation is 1. The van der Waals surface area contributed by atoms with Gasteiger partial charge in [0.15, 0.2) is 17.1 Å². The quantitative estimate of drug-likeness (QED) is 0.851. The number of aliphatic carboxylic acids is 1. The summed E-state index contributed by atoms with van der Waals surface area (Å²) in [6.45, 7) is 3.10. The predicted molar refractivity (Wildman–Crippen MR) is 94.6 cm³/mol. The first-order valence-electron chi connectivity index (χ1n) is 8.69. The number of ether oxygens (including phenoxy) is 2. The normalized spacial score (nSPS) is 15.2. The van der Waals surface area contributed by atoms with E-state index in [4.69, 9.17) is 19.0 Å². The Morgan fingerprint density at radius 2 is 2.04 bits per heavy atom. The molecule has 1 aromatic carbocycles. The maximum absolute atomic E-state index is 13.2. The fourth-order valence-electron chi connectivity index (χ4n) is 3.38. The van der Waals surface area contributed by atoms with Gasteiger partial charge in [-0.15, -0.1) is 0 Å². The summed E-state index contributed by atoms with van der Waals surface area (Å²) >= 11 is 0. The van der Waals surface area contributed by atoms with Crippen molar-refractivity contribution in [2.45, 2.75) is 32.2 Å². The van der Waals surface area contributed by atoms with E-state index in [0.717, 1.165) is 10.9 Å². The van der Waals surface area contributed by atoms with Gasteiger partial charge >= 0.3 is 5.97 Å². The van der Waals surface area contributed by atoms with Crippen LogP contribution in [0.5, 0.6) is 5.75 Å². The summed E-state index contributed by atoms with van der Waals surface area (Å²) < 4.78 is 16.6. The molecule has 7 nitrogen and oxygen atoms in total. The summed E-state index contributed by atoms with van der Waals surface area (Å²) in [6, 6.07) is 5.45. The van der Waals surface area contributed by atoms with E-state index < -0.39 is 5.97 Å². The number of furan rings is 1. The van der Waals surface area contributed by atoms with E-state index in [1.165, 1.54) is 0 Å². The Kier molecular flexibility index (Phi) is 5.46. The summed E-state index contributed by atoms with van der Waals surface area (Å²) in [5.41, 5.74) is 1.26. The van der Waals surface area contributed by atoms with Crippen molar-refractivity contribution in [2.24, 2.45) is 0 Å². The molecule has 1 amide bonds. The van der Waals surface area contributed by atoms with Crippen LogP contribution in [0.2, 0.25) is 0 Å². The summed E-state index contributed by atoms with van der Waals surface area (Å²) in [7, 11) is 1.55. The Morgan fingerprint density at radius 3 is 2.69 bits per heavy atom. The number of amides is 1. The molecule has 26 heavy (non-hydrogen) atoms. The first-order chi connectivity index (χ1) is 12.5. The average Bonchev–Trinajstić information content (AvgIpc) is 2.99. The van der Waals surface area contributed by atoms with Gasteiger partial charge in [0.1, 0.15) is 0 Å². The molecule has 0 bridgehead atoms. The van der Waals surface area contributed by atoms with Gasteiger partial charge in [-0.2, -0.15) is 0 Å². The monoisotopic (exact) mass is 361 g/mol. The molecule has 1 N–H and O–H groups in total. The van der Waals surface area contributed by atoms with Crippen molar-refractivity contribution in [3.63, 3.8) is 0 Å². The van der Waals surface area contributed by atoms with Crippen molar-refractivity contribution in [3.8, 4) is 5.75 Å². The van der Waals surface area contributed by atoms with Gasteiger partial charge < -0.3 is 23.9 Å². The van der Waals surface area contributed by atoms with E-state index in [1.54, 1.807) is 18.1 Å². The molecular formula is C19H23NO6. The van der Waals surface area contributed by atoms with Gasteiger partial charge in [0.05, 0.1) is 13.5 Å². The van der Waals surface area contributed by atoms with Crippen LogP contribution in [0, 0.1) is 6.92 Å². The number of methoxy groups -OCH3 is 1. The number of para-hydroxylation sites is 1. The van der Waals surface area contributed by atoms with Gasteiger partial charge in [-0.05, 0) is 25.8 Å². The fourth-order valence-corrected chi connectivity index (χ4v) is 3.38. The van der Waals surface area contributed by atoms with Gasteiger partial charge in [0, 0.05) is 36.8 Å². The van der Waals surface area contributed by atoms with Gasteiger partial charge in [0.25, 0.3) is 5.91 Å². The van der Waals surface area contributed by atoms with Gasteiger partial charge in [-0.25, -0.2) is 0 Å². The topological polar surface area (TPSA) is 89.2 Å². The lowest BCUT2D eigenvalue weighted by Gasteiger charge is -2.33. The van der Waals surface area contributed by atoms with Crippen molar-refractivity contribution < 1.29 is 28.6 Å². The van der Waals surface area contributed by atoms with Crippen LogP contribution in [0.3, 0.4) is 0 Å². The zero-order valence-corrected chi connectivity index (χ0v) is 15.0. The van der Waals surface area contributed by atoms with Crippen LogP contribution in [-0.4, -0.2) is 54.8 Å². The Balaban J connectivity index is 1.96. The molecule has 2 heterocycles. The number of hydrogen-bond donors (Lipinski definition) is 1. The molecule has 1 aromatic heterocycles. The van der Waals surface area contributed by atoms with Gasteiger partial charge in [0.2, 0.25) is 0 Å². The predicted octanol–water partition coefficient (Wildman–Crippen LogP) is 2.85. The van der Waals surface area contributed by atoms with E-state index >= 15 is 0 Å². The summed E-state index contributed by atoms with van der Waals surface area (Å²) in [5.74, 6) is -0.416. The van der Waals surface area contributed by atoms with Crippen molar-refractivity contribution in [1.82, 2.24) is 4.90 Å². The van der Waals surface area contributed by atoms with Crippen LogP contribution >= 0.6 is 0 Å². The molecule has 0 saturated carbocycles. The second kappa shape index (κ2) is 7.78. The molecule has 2 aromatic rings. The van der Waals surface area contributed by atoms with Crippen LogP contribution in [-0.2, 0) is 9.53 Å². The highest BCUT2D eigenvalue weighted by atomic mass is 16.5. The lowest BCUT2D eigenvalue weighted by molar-refractivity contribution is -0.137. The minimum absolute atomic E-state index is 0.0508. The number of hydrogen-bond acceptors (Lipinski definition) is 5. The second-order valence-electron chi connectivity index (χ2n) is 6.38. The largest absolute Gasteiger partial charge is 0.493 e. The van der Waals surface area contributed by atoms with Gasteiger partial charge in [-0.1, -0.05) is 12.1 Å². The minimum Gasteiger partial charge on any atom is -0.493 e. The van der Waals surface area contributed by atoms with E-state index in [-0.39, 0.29) is 30.7 Å². The molecule has 1 aliphatic rings. The summed E-state index contributed by atoms with van der Waals surface area (Å²) in [4.78, 5) is 25.9. The zero-order valence-electron chi connectivity index (χ0n) is 15.0. The van der Waals surface area contributed by atoms with Crippen molar-refractivity contribution in [1.29, 1.82) is 0 Å². The zero-order chi connectivity index (χ0) is 18.7. The van der Waals surface area contributed by atoms with E-state index in [1.807, 2.05) is 19.1 Å². The van der Waals surface area contributed by atoms with Crippen LogP contribution in [0.4, 0.5) is 0 Å². The molecule has 0 atom stereocenters. The maximum atomic E-state index is 13.2. The molecule has 1 fully saturated rings. The van der Waals surface area contributed by atoms with Gasteiger partial charge in [-0.3, -0.25) is 9.59 Å². The van der Waals surface area contributed by atoms with Crippen molar-refractivity contribution >= 4 is 22.8 Å². The Hall–Kier alpha value is -2.54. The lowest BCUT2D eigenvalue weighted by Crippen LogP contribution is -2.44. The Morgan fingerprint density at radius 1 is 1.31 bits per heavy atom. The first-order valence-corrected chi connectivity index (χ1v) is 8.69. The minimum atomic E-state index is -0.933. The molecule has 0 aliphatic carbocycles. The number of carbonyl (C=O) groups excluding carboxylic acids is 1. The van der Waals surface area contributed by atoms with Crippen LogP contribution in [0.1, 0.15) is 35.4 Å². The number of carboxylic acid groups (broad SMARTS) is 1. The van der Waals surface area contributed by atoms with E-state index in [9.17, 15) is 9.59 Å². The van der Waals surface area contributed by atoms with Crippen molar-refractivity contribution in [2.75, 3.05) is 26.9 Å². The van der Waals surface area contributed by atoms with E-state index in [0.29, 0.717) is 37.4 Å². The molecule has 0 spiro atoms. The molecule has 3 rings (SSSR count). The fraction of sp³-hybridized carbons (Fsp3) is 0.474. The van der Waals surface area contributed by atoms with Crippen LogP contribution in [0.25, 0.3) is 11.0 Å². The summed E-state index contributed by atoms with van der Waals surface area (Å²) in [6.07, 6.45) is 1.27. The van der Waals surface area contributed by atoms with Crippen LogP contribution < -0.4 is 4.74 Å². The lowest BCUT2D eigenvalue weighted by atomic mass is 10.1. The standard InChI is InChI=1S/C19H23NO6/c1-12-14-4-3-5-15(24-2)18(14)26-17(12)19(23)20(9-6-16(21)22)13-7-10-25-11-8-13/h3-5,13H,6-11H2,1-2H3,(H,21,22). The van der Waals surface area contributed by atoms with E-state index in [2.05, 4.69) is 0 Å². The summed E-state index contributed by atoms with van der Waals surface area (Å²) in [5, 5.41) is 9.87. The number of carbonyl (C=O) groups is 2. The third kappa shape index (κ3) is 3.53. The first kappa shape index (κ1) is 18.3. The SMILES string of the molecule is COc1cccc2c(C)c(C(=O)N(CCC(=O)O)C3CCOCC3)oc12. The number of nitrogens with zero attached hydrogens (tertiary/aromatic N) is 1. The number of carboxylic acids is 1. The number of rotatable bonds is 6. The molecule has 0 unspecified atom stereocenters. The van der Waals surface area contributed by atoms with Crippen molar-refractivity contribution in [3.05, 3.63) is 29.5 Å². The molecule has 140 valence electrons. The molecule has 1 aliphatic heterocycles. The highest BCUT2D eigenvalue weighted by Gasteiger charge is 2.31. The Labute approximate surface area is 151 Å². The third-order valence-corrected chi connectivity index (χ3v) is 4.80. The van der Waals surface area contributed by atoms with Crippen LogP contribution in [0.15, 0.2) is 22.6 Å². The molecule has 1 saturated heterocycles. The molecule has 7 heteroatoms. The highest BCUT2D eigenvalue weighted by Crippen LogP contribution is 2.33. The Bertz CT molecular complexity index is 806. The molecule has 0 radical (unpaired) electrons. The number of fused-ring (bicyclic) bond motifs is 1.